The molecule has 0 bridgehead atoms. The van der Waals surface area contributed by atoms with Gasteiger partial charge in [0.1, 0.15) is 13.2 Å². The summed E-state index contributed by atoms with van der Waals surface area (Å²) < 4.78 is 23.2. The monoisotopic (exact) mass is 851 g/mol. The first-order valence-electron chi connectivity index (χ1n) is 24.5. The van der Waals surface area contributed by atoms with Gasteiger partial charge < -0.3 is 28.8 Å². The zero-order valence-electron chi connectivity index (χ0n) is 39.2. The van der Waals surface area contributed by atoms with E-state index >= 15 is 0 Å². The fraction of sp³-hybridized carbons (Fsp3) is 0.820. The van der Waals surface area contributed by atoms with Crippen LogP contribution in [0.25, 0.3) is 0 Å². The number of carbonyl (C=O) groups is 1. The van der Waals surface area contributed by atoms with Crippen molar-refractivity contribution in [2.24, 2.45) is 0 Å². The second-order valence-electron chi connectivity index (χ2n) is 17.8. The number of aliphatic hydroxyl groups is 1. The molecule has 3 unspecified atom stereocenters. The zero-order valence-corrected chi connectivity index (χ0v) is 40.1. The molecule has 0 aromatic carbocycles. The molecular formula is C50H95N2O6P. The molecule has 9 heteroatoms. The van der Waals surface area contributed by atoms with E-state index in [1.807, 2.05) is 27.2 Å². The second-order valence-corrected chi connectivity index (χ2v) is 19.2. The van der Waals surface area contributed by atoms with Crippen LogP contribution in [0.1, 0.15) is 213 Å². The molecule has 3 atom stereocenters. The molecule has 8 nitrogen and oxygen atoms in total. The Morgan fingerprint density at radius 1 is 0.593 bits per heavy atom. The Hall–Kier alpha value is -1.54. The normalized spacial score (nSPS) is 14.6. The zero-order chi connectivity index (χ0) is 43.6. The maximum atomic E-state index is 12.9. The highest BCUT2D eigenvalue weighted by molar-refractivity contribution is 7.45. The summed E-state index contributed by atoms with van der Waals surface area (Å²) in [6.45, 7) is 4.60. The summed E-state index contributed by atoms with van der Waals surface area (Å²) in [7, 11) is 1.24. The predicted octanol–water partition coefficient (Wildman–Crippen LogP) is 13.4. The average molecular weight is 851 g/mol. The molecule has 0 fully saturated rings. The largest absolute Gasteiger partial charge is 0.756 e. The fourth-order valence-corrected chi connectivity index (χ4v) is 7.57. The molecule has 59 heavy (non-hydrogen) atoms. The van der Waals surface area contributed by atoms with Crippen molar-refractivity contribution in [3.63, 3.8) is 0 Å². The Morgan fingerprint density at radius 3 is 1.51 bits per heavy atom. The summed E-state index contributed by atoms with van der Waals surface area (Å²) in [5.41, 5.74) is 0. The number of nitrogens with one attached hydrogen (secondary N) is 1. The lowest BCUT2D eigenvalue weighted by atomic mass is 10.0. The molecule has 0 radical (unpaired) electrons. The maximum Gasteiger partial charge on any atom is 0.268 e. The molecule has 0 aliphatic heterocycles. The Morgan fingerprint density at radius 2 is 1.00 bits per heavy atom. The minimum atomic E-state index is -4.60. The molecule has 0 aromatic rings. The summed E-state index contributed by atoms with van der Waals surface area (Å²) in [6, 6.07) is -0.906. The van der Waals surface area contributed by atoms with E-state index in [0.717, 1.165) is 44.9 Å². The fourth-order valence-electron chi connectivity index (χ4n) is 6.85. The SMILES string of the molecule is CCCCC/C=C\C/C=C\CCCCCCCCCCCC(=O)NC(COP(=O)([O-])OCC[N+](C)(C)C)C(O)/C=C/CC/C=C/CCCCCCCCCCCCCC. The number of unbranched alkanes of at least 4 members (excludes halogenated alkanes) is 25. The number of nitrogens with zero attached hydrogens (tertiary/aromatic N) is 1. The van der Waals surface area contributed by atoms with Crippen LogP contribution < -0.4 is 10.2 Å². The Kier molecular flexibility index (Phi) is 40.7. The molecule has 0 saturated carbocycles. The van der Waals surface area contributed by atoms with E-state index < -0.39 is 26.6 Å². The van der Waals surface area contributed by atoms with Crippen LogP contribution in [0.2, 0.25) is 0 Å². The molecule has 0 spiro atoms. The lowest BCUT2D eigenvalue weighted by Crippen LogP contribution is -2.45. The molecule has 0 aliphatic rings. The van der Waals surface area contributed by atoms with Crippen molar-refractivity contribution >= 4 is 13.7 Å². The highest BCUT2D eigenvalue weighted by Gasteiger charge is 2.23. The van der Waals surface area contributed by atoms with Crippen molar-refractivity contribution in [2.45, 2.75) is 225 Å². The number of aliphatic hydroxyl groups excluding tert-OH is 1. The molecule has 0 aromatic heterocycles. The molecule has 2 N–H and O–H groups in total. The van der Waals surface area contributed by atoms with Gasteiger partial charge in [-0.15, -0.1) is 0 Å². The van der Waals surface area contributed by atoms with Crippen LogP contribution in [0.4, 0.5) is 0 Å². The highest BCUT2D eigenvalue weighted by atomic mass is 31.2. The molecule has 1 amide bonds. The Balaban J connectivity index is 4.41. The van der Waals surface area contributed by atoms with E-state index in [4.69, 9.17) is 9.05 Å². The van der Waals surface area contributed by atoms with Gasteiger partial charge in [0.25, 0.3) is 7.82 Å². The van der Waals surface area contributed by atoms with E-state index in [2.05, 4.69) is 55.6 Å². The standard InChI is InChI=1S/C50H95N2O6P/c1-6-8-10-12-14-16-18-20-22-24-26-28-30-32-34-36-38-40-42-44-50(54)51-48(47-58-59(55,56)57-46-45-52(3,4)5)49(53)43-41-39-37-35-33-31-29-27-25-23-21-19-17-15-13-11-9-7-2/h14,16,20,22,33,35,41,43,48-49,53H,6-13,15,17-19,21,23-32,34,36-40,42,44-47H2,1-5H3,(H-,51,54,55,56)/b16-14-,22-20-,35-33+,43-41+. The third-order valence-corrected chi connectivity index (χ3v) is 11.7. The minimum Gasteiger partial charge on any atom is -0.756 e. The summed E-state index contributed by atoms with van der Waals surface area (Å²) in [6.07, 6.45) is 53.0. The maximum absolute atomic E-state index is 12.9. The van der Waals surface area contributed by atoms with E-state index in [-0.39, 0.29) is 12.5 Å². The van der Waals surface area contributed by atoms with Gasteiger partial charge in [0.15, 0.2) is 0 Å². The van der Waals surface area contributed by atoms with E-state index in [1.165, 1.54) is 148 Å². The van der Waals surface area contributed by atoms with Crippen molar-refractivity contribution in [1.82, 2.24) is 5.32 Å². The van der Waals surface area contributed by atoms with Crippen LogP contribution in [-0.4, -0.2) is 68.5 Å². The molecule has 0 heterocycles. The van der Waals surface area contributed by atoms with Gasteiger partial charge in [-0.05, 0) is 64.2 Å². The number of carbonyl (C=O) groups excluding carboxylic acids is 1. The van der Waals surface area contributed by atoms with Gasteiger partial charge in [0.2, 0.25) is 5.91 Å². The van der Waals surface area contributed by atoms with Gasteiger partial charge in [-0.3, -0.25) is 9.36 Å². The number of likely N-dealkylation sites (N-methyl/N-ethyl adjacent to an activating group) is 1. The molecule has 346 valence electrons. The van der Waals surface area contributed by atoms with Crippen LogP contribution in [-0.2, 0) is 18.4 Å². The number of phosphoric ester groups is 1. The molecule has 0 aliphatic carbocycles. The quantitative estimate of drug-likeness (QED) is 0.0274. The average Bonchev–Trinajstić information content (AvgIpc) is 3.19. The van der Waals surface area contributed by atoms with Crippen molar-refractivity contribution in [2.75, 3.05) is 40.9 Å². The van der Waals surface area contributed by atoms with Gasteiger partial charge >= 0.3 is 0 Å². The summed E-state index contributed by atoms with van der Waals surface area (Å²) in [4.78, 5) is 25.4. The Bertz CT molecular complexity index is 1100. The minimum absolute atomic E-state index is 0.00818. The first-order valence-corrected chi connectivity index (χ1v) is 26.0. The molecule has 0 rings (SSSR count). The van der Waals surface area contributed by atoms with E-state index in [9.17, 15) is 19.4 Å². The van der Waals surface area contributed by atoms with Gasteiger partial charge in [0, 0.05) is 6.42 Å². The van der Waals surface area contributed by atoms with E-state index in [0.29, 0.717) is 17.4 Å². The number of amides is 1. The lowest BCUT2D eigenvalue weighted by molar-refractivity contribution is -0.870. The van der Waals surface area contributed by atoms with Crippen molar-refractivity contribution < 1.29 is 32.9 Å². The summed E-state index contributed by atoms with van der Waals surface area (Å²) in [5.74, 6) is -0.212. The third-order valence-electron chi connectivity index (χ3n) is 10.8. The first-order chi connectivity index (χ1) is 28.5. The third kappa shape index (κ3) is 44.3. The highest BCUT2D eigenvalue weighted by Crippen LogP contribution is 2.38. The summed E-state index contributed by atoms with van der Waals surface area (Å²) in [5, 5.41) is 13.8. The van der Waals surface area contributed by atoms with Crippen molar-refractivity contribution in [3.8, 4) is 0 Å². The number of quaternary nitrogens is 1. The number of allylic oxidation sites excluding steroid dienone is 7. The van der Waals surface area contributed by atoms with Crippen LogP contribution in [0.5, 0.6) is 0 Å². The van der Waals surface area contributed by atoms with Crippen LogP contribution in [0.15, 0.2) is 48.6 Å². The van der Waals surface area contributed by atoms with E-state index in [1.54, 1.807) is 6.08 Å². The molecular weight excluding hydrogens is 756 g/mol. The van der Waals surface area contributed by atoms with Crippen LogP contribution in [0, 0.1) is 0 Å². The summed E-state index contributed by atoms with van der Waals surface area (Å²) >= 11 is 0. The molecule has 0 saturated heterocycles. The number of hydrogen-bond acceptors (Lipinski definition) is 6. The van der Waals surface area contributed by atoms with Crippen LogP contribution in [0.3, 0.4) is 0 Å². The smallest absolute Gasteiger partial charge is 0.268 e. The predicted molar refractivity (Wildman–Crippen MR) is 251 cm³/mol. The lowest BCUT2D eigenvalue weighted by Gasteiger charge is -2.29. The first kappa shape index (κ1) is 57.5. The van der Waals surface area contributed by atoms with Crippen molar-refractivity contribution in [3.05, 3.63) is 48.6 Å². The number of hydrogen-bond donors (Lipinski definition) is 2. The Labute approximate surface area is 365 Å². The number of phosphoric acid groups is 1. The van der Waals surface area contributed by atoms with Gasteiger partial charge in [-0.1, -0.05) is 191 Å². The topological polar surface area (TPSA) is 108 Å². The van der Waals surface area contributed by atoms with Gasteiger partial charge in [0.05, 0.1) is 39.9 Å². The van der Waals surface area contributed by atoms with Gasteiger partial charge in [-0.2, -0.15) is 0 Å². The second kappa shape index (κ2) is 41.8. The van der Waals surface area contributed by atoms with Crippen molar-refractivity contribution in [1.29, 1.82) is 0 Å². The number of rotatable bonds is 44. The van der Waals surface area contributed by atoms with Gasteiger partial charge in [-0.25, -0.2) is 0 Å². The van der Waals surface area contributed by atoms with Crippen LogP contribution >= 0.6 is 7.82 Å².